The SMILES string of the molecule is Cc1cc(C)c(NC(=O)CCN2c3ccccc3CC2C)c(C)c1. The van der Waals surface area contributed by atoms with Gasteiger partial charge in [-0.15, -0.1) is 0 Å². The van der Waals surface area contributed by atoms with Crippen molar-refractivity contribution in [2.75, 3.05) is 16.8 Å². The van der Waals surface area contributed by atoms with E-state index in [4.69, 9.17) is 0 Å². The Morgan fingerprint density at radius 2 is 1.83 bits per heavy atom. The highest BCUT2D eigenvalue weighted by Gasteiger charge is 2.25. The van der Waals surface area contributed by atoms with Crippen molar-refractivity contribution in [3.8, 4) is 0 Å². The first-order chi connectivity index (χ1) is 11.5. The quantitative estimate of drug-likeness (QED) is 0.905. The van der Waals surface area contributed by atoms with Crippen molar-refractivity contribution in [3.63, 3.8) is 0 Å². The molecule has 126 valence electrons. The van der Waals surface area contributed by atoms with Crippen molar-refractivity contribution < 1.29 is 4.79 Å². The fourth-order valence-corrected chi connectivity index (χ4v) is 3.77. The minimum absolute atomic E-state index is 0.0848. The molecule has 0 saturated heterocycles. The van der Waals surface area contributed by atoms with Crippen molar-refractivity contribution in [2.45, 2.75) is 46.6 Å². The molecule has 1 aliphatic rings. The van der Waals surface area contributed by atoms with Crippen LogP contribution in [0.25, 0.3) is 0 Å². The van der Waals surface area contributed by atoms with Gasteiger partial charge in [-0.1, -0.05) is 35.9 Å². The zero-order valence-electron chi connectivity index (χ0n) is 15.0. The van der Waals surface area contributed by atoms with Crippen molar-refractivity contribution in [1.82, 2.24) is 0 Å². The van der Waals surface area contributed by atoms with Gasteiger partial charge in [0, 0.05) is 30.4 Å². The molecule has 1 unspecified atom stereocenters. The molecule has 3 nitrogen and oxygen atoms in total. The maximum absolute atomic E-state index is 12.4. The van der Waals surface area contributed by atoms with Gasteiger partial charge in [-0.05, 0) is 56.9 Å². The van der Waals surface area contributed by atoms with Gasteiger partial charge in [0.05, 0.1) is 0 Å². The smallest absolute Gasteiger partial charge is 0.226 e. The van der Waals surface area contributed by atoms with Crippen LogP contribution in [0.3, 0.4) is 0 Å². The molecule has 1 N–H and O–H groups in total. The number of nitrogens with zero attached hydrogens (tertiary/aromatic N) is 1. The van der Waals surface area contributed by atoms with Crippen LogP contribution in [0.2, 0.25) is 0 Å². The zero-order chi connectivity index (χ0) is 17.3. The summed E-state index contributed by atoms with van der Waals surface area (Å²) in [5, 5.41) is 3.10. The molecule has 3 heteroatoms. The molecule has 1 amide bonds. The maximum Gasteiger partial charge on any atom is 0.226 e. The third kappa shape index (κ3) is 3.30. The first-order valence-corrected chi connectivity index (χ1v) is 8.68. The van der Waals surface area contributed by atoms with E-state index in [2.05, 4.69) is 74.3 Å². The number of carbonyl (C=O) groups excluding carboxylic acids is 1. The van der Waals surface area contributed by atoms with E-state index >= 15 is 0 Å². The molecule has 2 aromatic rings. The lowest BCUT2D eigenvalue weighted by atomic mass is 10.0. The van der Waals surface area contributed by atoms with Gasteiger partial charge in [-0.3, -0.25) is 4.79 Å². The topological polar surface area (TPSA) is 32.3 Å². The lowest BCUT2D eigenvalue weighted by Crippen LogP contribution is -2.32. The minimum Gasteiger partial charge on any atom is -0.368 e. The molecule has 24 heavy (non-hydrogen) atoms. The number of anilines is 2. The summed E-state index contributed by atoms with van der Waals surface area (Å²) in [6.07, 6.45) is 1.57. The molecule has 0 radical (unpaired) electrons. The van der Waals surface area contributed by atoms with Crippen LogP contribution in [-0.2, 0) is 11.2 Å². The van der Waals surface area contributed by atoms with Gasteiger partial charge in [-0.25, -0.2) is 0 Å². The van der Waals surface area contributed by atoms with Crippen LogP contribution >= 0.6 is 0 Å². The van der Waals surface area contributed by atoms with Gasteiger partial charge < -0.3 is 10.2 Å². The first-order valence-electron chi connectivity index (χ1n) is 8.68. The Balaban J connectivity index is 1.65. The van der Waals surface area contributed by atoms with E-state index in [1.165, 1.54) is 16.8 Å². The Morgan fingerprint density at radius 1 is 1.17 bits per heavy atom. The maximum atomic E-state index is 12.4. The van der Waals surface area contributed by atoms with E-state index in [0.717, 1.165) is 29.8 Å². The number of amides is 1. The Kier molecular flexibility index (Phi) is 4.61. The van der Waals surface area contributed by atoms with Gasteiger partial charge in [-0.2, -0.15) is 0 Å². The fourth-order valence-electron chi connectivity index (χ4n) is 3.77. The third-order valence-corrected chi connectivity index (χ3v) is 4.87. The van der Waals surface area contributed by atoms with Crippen LogP contribution in [0.15, 0.2) is 36.4 Å². The van der Waals surface area contributed by atoms with Gasteiger partial charge in [0.25, 0.3) is 0 Å². The number of hydrogen-bond donors (Lipinski definition) is 1. The van der Waals surface area contributed by atoms with E-state index in [1.807, 2.05) is 0 Å². The monoisotopic (exact) mass is 322 g/mol. The minimum atomic E-state index is 0.0848. The first kappa shape index (κ1) is 16.6. The van der Waals surface area contributed by atoms with Crippen LogP contribution in [0.4, 0.5) is 11.4 Å². The Labute approximate surface area is 144 Å². The molecule has 1 atom stereocenters. The number of fused-ring (bicyclic) bond motifs is 1. The number of aryl methyl sites for hydroxylation is 3. The molecule has 0 aliphatic carbocycles. The van der Waals surface area contributed by atoms with E-state index in [0.29, 0.717) is 12.5 Å². The molecular formula is C21H26N2O. The summed E-state index contributed by atoms with van der Waals surface area (Å²) < 4.78 is 0. The Bertz CT molecular complexity index is 743. The Morgan fingerprint density at radius 3 is 2.54 bits per heavy atom. The van der Waals surface area contributed by atoms with Crippen LogP contribution in [0.5, 0.6) is 0 Å². The summed E-state index contributed by atoms with van der Waals surface area (Å²) in [7, 11) is 0. The van der Waals surface area contributed by atoms with Crippen LogP contribution < -0.4 is 10.2 Å². The van der Waals surface area contributed by atoms with Gasteiger partial charge >= 0.3 is 0 Å². The predicted octanol–water partition coefficient (Wildman–Crippen LogP) is 4.39. The number of benzene rings is 2. The molecule has 0 bridgehead atoms. The lowest BCUT2D eigenvalue weighted by Gasteiger charge is -2.24. The standard InChI is InChI=1S/C21H26N2O/c1-14-11-15(2)21(16(3)12-14)22-20(24)9-10-23-17(4)13-18-7-5-6-8-19(18)23/h5-8,11-12,17H,9-10,13H2,1-4H3,(H,22,24). The number of rotatable bonds is 4. The third-order valence-electron chi connectivity index (χ3n) is 4.87. The molecule has 3 rings (SSSR count). The average Bonchev–Trinajstić information content (AvgIpc) is 2.84. The molecule has 1 aliphatic heterocycles. The van der Waals surface area contributed by atoms with Gasteiger partial charge in [0.1, 0.15) is 0 Å². The molecular weight excluding hydrogens is 296 g/mol. The molecule has 0 fully saturated rings. The van der Waals surface area contributed by atoms with Crippen molar-refractivity contribution in [1.29, 1.82) is 0 Å². The molecule has 2 aromatic carbocycles. The second-order valence-corrected chi connectivity index (χ2v) is 6.95. The highest BCUT2D eigenvalue weighted by Crippen LogP contribution is 2.31. The molecule has 0 spiro atoms. The van der Waals surface area contributed by atoms with Crippen LogP contribution in [-0.4, -0.2) is 18.5 Å². The van der Waals surface area contributed by atoms with Crippen LogP contribution in [0.1, 0.15) is 35.6 Å². The summed E-state index contributed by atoms with van der Waals surface area (Å²) in [6.45, 7) is 9.17. The van der Waals surface area contributed by atoms with E-state index < -0.39 is 0 Å². The predicted molar refractivity (Wildman–Crippen MR) is 101 cm³/mol. The average molecular weight is 322 g/mol. The zero-order valence-corrected chi connectivity index (χ0v) is 15.0. The number of hydrogen-bond acceptors (Lipinski definition) is 2. The Hall–Kier alpha value is -2.29. The summed E-state index contributed by atoms with van der Waals surface area (Å²) in [6, 6.07) is 13.2. The molecule has 1 heterocycles. The number of carbonyl (C=O) groups is 1. The number of nitrogens with one attached hydrogen (secondary N) is 1. The largest absolute Gasteiger partial charge is 0.368 e. The van der Waals surface area contributed by atoms with E-state index in [9.17, 15) is 4.79 Å². The van der Waals surface area contributed by atoms with Crippen LogP contribution in [0, 0.1) is 20.8 Å². The summed E-state index contributed by atoms with van der Waals surface area (Å²) >= 11 is 0. The fraction of sp³-hybridized carbons (Fsp3) is 0.381. The summed E-state index contributed by atoms with van der Waals surface area (Å²) in [5.41, 5.74) is 7.10. The summed E-state index contributed by atoms with van der Waals surface area (Å²) in [5.74, 6) is 0.0848. The van der Waals surface area contributed by atoms with Crippen molar-refractivity contribution in [2.24, 2.45) is 0 Å². The van der Waals surface area contributed by atoms with Gasteiger partial charge in [0.15, 0.2) is 0 Å². The van der Waals surface area contributed by atoms with E-state index in [1.54, 1.807) is 0 Å². The molecule has 0 saturated carbocycles. The molecule has 0 aromatic heterocycles. The lowest BCUT2D eigenvalue weighted by molar-refractivity contribution is -0.116. The highest BCUT2D eigenvalue weighted by atomic mass is 16.1. The highest BCUT2D eigenvalue weighted by molar-refractivity contribution is 5.92. The van der Waals surface area contributed by atoms with E-state index in [-0.39, 0.29) is 5.91 Å². The summed E-state index contributed by atoms with van der Waals surface area (Å²) in [4.78, 5) is 14.8. The number of para-hydroxylation sites is 1. The van der Waals surface area contributed by atoms with Crippen molar-refractivity contribution in [3.05, 3.63) is 58.7 Å². The normalized spacial score (nSPS) is 16.2. The van der Waals surface area contributed by atoms with Crippen molar-refractivity contribution >= 4 is 17.3 Å². The second kappa shape index (κ2) is 6.68. The second-order valence-electron chi connectivity index (χ2n) is 6.95. The van der Waals surface area contributed by atoms with Gasteiger partial charge in [0.2, 0.25) is 5.91 Å².